The Bertz CT molecular complexity index is 516. The largest absolute Gasteiger partial charge is 0.351 e. The third-order valence-electron chi connectivity index (χ3n) is 3.32. The number of nitro benzene ring substituents is 1. The van der Waals surface area contributed by atoms with Crippen molar-refractivity contribution in [2.45, 2.75) is 12.8 Å². The highest BCUT2D eigenvalue weighted by Crippen LogP contribution is 2.21. The second kappa shape index (κ2) is 6.67. The van der Waals surface area contributed by atoms with Gasteiger partial charge in [-0.15, -0.1) is 0 Å². The summed E-state index contributed by atoms with van der Waals surface area (Å²) in [5.74, 6) is -0.377. The van der Waals surface area contributed by atoms with E-state index in [2.05, 4.69) is 10.2 Å². The standard InChI is InChI=1S/C13H16ClN3O3/c14-12-4-3-10(17(19)20)9-11(12)13(18)15-5-8-16-6-1-2-7-16/h3-4,9H,1-2,5-8H2,(H,15,18). The van der Waals surface area contributed by atoms with E-state index in [1.807, 2.05) is 0 Å². The molecule has 0 aromatic heterocycles. The summed E-state index contributed by atoms with van der Waals surface area (Å²) < 4.78 is 0. The van der Waals surface area contributed by atoms with Crippen molar-refractivity contribution in [3.8, 4) is 0 Å². The molecule has 0 saturated carbocycles. The molecule has 0 spiro atoms. The zero-order valence-electron chi connectivity index (χ0n) is 11.0. The Kier molecular flexibility index (Phi) is 4.92. The number of likely N-dealkylation sites (tertiary alicyclic amines) is 1. The Morgan fingerprint density at radius 1 is 1.40 bits per heavy atom. The Morgan fingerprint density at radius 2 is 2.10 bits per heavy atom. The maximum Gasteiger partial charge on any atom is 0.270 e. The van der Waals surface area contributed by atoms with Crippen LogP contribution in [0.4, 0.5) is 5.69 Å². The number of rotatable bonds is 5. The van der Waals surface area contributed by atoms with Crippen molar-refractivity contribution in [1.29, 1.82) is 0 Å². The van der Waals surface area contributed by atoms with Crippen molar-refractivity contribution >= 4 is 23.2 Å². The van der Waals surface area contributed by atoms with Crippen molar-refractivity contribution < 1.29 is 9.72 Å². The van der Waals surface area contributed by atoms with Crippen LogP contribution in [0, 0.1) is 10.1 Å². The minimum Gasteiger partial charge on any atom is -0.351 e. The number of carbonyl (C=O) groups excluding carboxylic acids is 1. The molecule has 0 radical (unpaired) electrons. The van der Waals surface area contributed by atoms with Crippen molar-refractivity contribution in [2.75, 3.05) is 26.2 Å². The van der Waals surface area contributed by atoms with Crippen molar-refractivity contribution in [3.05, 3.63) is 38.9 Å². The summed E-state index contributed by atoms with van der Waals surface area (Å²) in [6, 6.07) is 3.85. The lowest BCUT2D eigenvalue weighted by atomic mass is 10.2. The maximum atomic E-state index is 12.0. The predicted molar refractivity (Wildman–Crippen MR) is 76.1 cm³/mol. The molecule has 1 aromatic carbocycles. The van der Waals surface area contributed by atoms with Gasteiger partial charge in [-0.2, -0.15) is 0 Å². The second-order valence-electron chi connectivity index (χ2n) is 4.73. The number of nitrogens with one attached hydrogen (secondary N) is 1. The molecule has 108 valence electrons. The van der Waals surface area contributed by atoms with E-state index in [1.165, 1.54) is 31.0 Å². The molecule has 20 heavy (non-hydrogen) atoms. The van der Waals surface area contributed by atoms with E-state index in [0.717, 1.165) is 19.6 Å². The van der Waals surface area contributed by atoms with Gasteiger partial charge in [0.05, 0.1) is 15.5 Å². The number of carbonyl (C=O) groups is 1. The van der Waals surface area contributed by atoms with E-state index in [0.29, 0.717) is 6.54 Å². The van der Waals surface area contributed by atoms with E-state index >= 15 is 0 Å². The second-order valence-corrected chi connectivity index (χ2v) is 5.13. The lowest BCUT2D eigenvalue weighted by Gasteiger charge is -2.14. The van der Waals surface area contributed by atoms with Gasteiger partial charge in [-0.25, -0.2) is 0 Å². The zero-order chi connectivity index (χ0) is 14.5. The lowest BCUT2D eigenvalue weighted by molar-refractivity contribution is -0.384. The average molecular weight is 298 g/mol. The van der Waals surface area contributed by atoms with Gasteiger partial charge in [0.25, 0.3) is 11.6 Å². The summed E-state index contributed by atoms with van der Waals surface area (Å²) in [7, 11) is 0. The Labute approximate surface area is 121 Å². The van der Waals surface area contributed by atoms with Crippen LogP contribution < -0.4 is 5.32 Å². The molecule has 1 aromatic rings. The molecule has 1 heterocycles. The van der Waals surface area contributed by atoms with E-state index < -0.39 is 4.92 Å². The lowest BCUT2D eigenvalue weighted by Crippen LogP contribution is -2.33. The molecule has 1 N–H and O–H groups in total. The molecule has 1 aliphatic rings. The molecular formula is C13H16ClN3O3. The molecule has 0 unspecified atom stereocenters. The van der Waals surface area contributed by atoms with Gasteiger partial charge in [0, 0.05) is 25.2 Å². The summed E-state index contributed by atoms with van der Waals surface area (Å²) in [6.07, 6.45) is 2.40. The summed E-state index contributed by atoms with van der Waals surface area (Å²) in [5.41, 5.74) is 0.00128. The molecular weight excluding hydrogens is 282 g/mol. The predicted octanol–water partition coefficient (Wildman–Crippen LogP) is 2.07. The molecule has 0 atom stereocenters. The number of hydrogen-bond donors (Lipinski definition) is 1. The van der Waals surface area contributed by atoms with Crippen LogP contribution >= 0.6 is 11.6 Å². The molecule has 2 rings (SSSR count). The first kappa shape index (κ1) is 14.7. The molecule has 1 fully saturated rings. The highest BCUT2D eigenvalue weighted by Gasteiger charge is 2.16. The molecule has 6 nitrogen and oxygen atoms in total. The van der Waals surface area contributed by atoms with Gasteiger partial charge >= 0.3 is 0 Å². The maximum absolute atomic E-state index is 12.0. The highest BCUT2D eigenvalue weighted by atomic mass is 35.5. The van der Waals surface area contributed by atoms with E-state index in [9.17, 15) is 14.9 Å². The van der Waals surface area contributed by atoms with Crippen LogP contribution in [-0.4, -0.2) is 41.9 Å². The summed E-state index contributed by atoms with van der Waals surface area (Å²) >= 11 is 5.91. The number of nitro groups is 1. The quantitative estimate of drug-likeness (QED) is 0.667. The van der Waals surface area contributed by atoms with Crippen LogP contribution in [0.25, 0.3) is 0 Å². The summed E-state index contributed by atoms with van der Waals surface area (Å²) in [4.78, 5) is 24.4. The van der Waals surface area contributed by atoms with E-state index in [1.54, 1.807) is 0 Å². The van der Waals surface area contributed by atoms with Crippen LogP contribution in [0.2, 0.25) is 5.02 Å². The molecule has 1 aliphatic heterocycles. The number of non-ortho nitro benzene ring substituents is 1. The van der Waals surface area contributed by atoms with Gasteiger partial charge in [-0.05, 0) is 32.0 Å². The molecule has 0 bridgehead atoms. The topological polar surface area (TPSA) is 75.5 Å². The molecule has 1 amide bonds. The fourth-order valence-corrected chi connectivity index (χ4v) is 2.43. The van der Waals surface area contributed by atoms with E-state index in [4.69, 9.17) is 11.6 Å². The first-order valence-corrected chi connectivity index (χ1v) is 6.90. The minimum atomic E-state index is -0.544. The summed E-state index contributed by atoms with van der Waals surface area (Å²) in [6.45, 7) is 3.43. The number of hydrogen-bond acceptors (Lipinski definition) is 4. The van der Waals surface area contributed by atoms with Crippen molar-refractivity contribution in [2.24, 2.45) is 0 Å². The minimum absolute atomic E-state index is 0.140. The van der Waals surface area contributed by atoms with Crippen molar-refractivity contribution in [1.82, 2.24) is 10.2 Å². The van der Waals surface area contributed by atoms with Gasteiger partial charge in [0.1, 0.15) is 0 Å². The van der Waals surface area contributed by atoms with Crippen LogP contribution in [0.5, 0.6) is 0 Å². The monoisotopic (exact) mass is 297 g/mol. The fraction of sp³-hybridized carbons (Fsp3) is 0.462. The van der Waals surface area contributed by atoms with Gasteiger partial charge in [-0.1, -0.05) is 11.6 Å². The SMILES string of the molecule is O=C(NCCN1CCCC1)c1cc([N+](=O)[O-])ccc1Cl. The zero-order valence-corrected chi connectivity index (χ0v) is 11.7. The number of halogens is 1. The van der Waals surface area contributed by atoms with Gasteiger partial charge in [0.15, 0.2) is 0 Å². The first-order valence-electron chi connectivity index (χ1n) is 6.52. The first-order chi connectivity index (χ1) is 9.58. The van der Waals surface area contributed by atoms with Crippen molar-refractivity contribution in [3.63, 3.8) is 0 Å². The average Bonchev–Trinajstić information content (AvgIpc) is 2.92. The smallest absolute Gasteiger partial charge is 0.270 e. The van der Waals surface area contributed by atoms with Crippen LogP contribution in [0.1, 0.15) is 23.2 Å². The third kappa shape index (κ3) is 3.68. The summed E-state index contributed by atoms with van der Waals surface area (Å²) in [5, 5.41) is 13.7. The van der Waals surface area contributed by atoms with Crippen LogP contribution in [-0.2, 0) is 0 Å². The van der Waals surface area contributed by atoms with Crippen LogP contribution in [0.3, 0.4) is 0 Å². The number of benzene rings is 1. The Balaban J connectivity index is 1.94. The molecule has 1 saturated heterocycles. The number of amides is 1. The fourth-order valence-electron chi connectivity index (χ4n) is 2.23. The molecule has 0 aliphatic carbocycles. The van der Waals surface area contributed by atoms with Gasteiger partial charge in [-0.3, -0.25) is 14.9 Å². The van der Waals surface area contributed by atoms with Crippen LogP contribution in [0.15, 0.2) is 18.2 Å². The third-order valence-corrected chi connectivity index (χ3v) is 3.65. The van der Waals surface area contributed by atoms with Gasteiger partial charge < -0.3 is 10.2 Å². The Hall–Kier alpha value is -1.66. The Morgan fingerprint density at radius 3 is 2.75 bits per heavy atom. The molecule has 7 heteroatoms. The van der Waals surface area contributed by atoms with Gasteiger partial charge in [0.2, 0.25) is 0 Å². The van der Waals surface area contributed by atoms with E-state index in [-0.39, 0.29) is 22.2 Å². The normalized spacial score (nSPS) is 15.2. The number of nitrogens with zero attached hydrogens (tertiary/aromatic N) is 2. The highest BCUT2D eigenvalue weighted by molar-refractivity contribution is 6.33.